The van der Waals surface area contributed by atoms with Gasteiger partial charge in [0.05, 0.1) is 0 Å². The molecule has 0 amide bonds. The lowest BCUT2D eigenvalue weighted by Crippen LogP contribution is -2.46. The van der Waals surface area contributed by atoms with Crippen molar-refractivity contribution in [3.63, 3.8) is 0 Å². The third-order valence-electron chi connectivity index (χ3n) is 5.24. The fourth-order valence-electron chi connectivity index (χ4n) is 3.70. The second-order valence-corrected chi connectivity index (χ2v) is 7.03. The van der Waals surface area contributed by atoms with Gasteiger partial charge < -0.3 is 4.90 Å². The lowest BCUT2D eigenvalue weighted by molar-refractivity contribution is 0.128. The normalized spacial score (nSPS) is 16.3. The second kappa shape index (κ2) is 7.81. The molecule has 1 heterocycles. The predicted molar refractivity (Wildman–Crippen MR) is 106 cm³/mol. The van der Waals surface area contributed by atoms with Gasteiger partial charge in [-0.15, -0.1) is 0 Å². The van der Waals surface area contributed by atoms with E-state index in [1.165, 1.54) is 54.6 Å². The molecule has 0 bridgehead atoms. The fraction of sp³-hybridized carbons (Fsp3) is 0.304. The molecule has 0 spiro atoms. The van der Waals surface area contributed by atoms with Crippen LogP contribution in [0, 0.1) is 0 Å². The maximum atomic E-state index is 2.60. The van der Waals surface area contributed by atoms with Crippen molar-refractivity contribution in [2.75, 3.05) is 32.7 Å². The Morgan fingerprint density at radius 3 is 2.08 bits per heavy atom. The van der Waals surface area contributed by atoms with Crippen molar-refractivity contribution in [3.05, 3.63) is 83.9 Å². The molecule has 0 aliphatic carbocycles. The number of fused-ring (bicyclic) bond motifs is 1. The van der Waals surface area contributed by atoms with Gasteiger partial charge in [0.2, 0.25) is 0 Å². The van der Waals surface area contributed by atoms with Gasteiger partial charge in [-0.25, -0.2) is 0 Å². The van der Waals surface area contributed by atoms with E-state index in [4.69, 9.17) is 0 Å². The van der Waals surface area contributed by atoms with Gasteiger partial charge in [0.25, 0.3) is 0 Å². The van der Waals surface area contributed by atoms with E-state index in [0.717, 1.165) is 13.0 Å². The Morgan fingerprint density at radius 2 is 1.28 bits per heavy atom. The van der Waals surface area contributed by atoms with Crippen LogP contribution in [0.3, 0.4) is 0 Å². The van der Waals surface area contributed by atoms with E-state index in [2.05, 4.69) is 82.6 Å². The first-order valence-corrected chi connectivity index (χ1v) is 9.33. The highest BCUT2D eigenvalue weighted by Gasteiger charge is 2.16. The molecule has 1 aliphatic rings. The van der Waals surface area contributed by atoms with Gasteiger partial charge in [-0.2, -0.15) is 0 Å². The van der Waals surface area contributed by atoms with Crippen molar-refractivity contribution in [1.82, 2.24) is 9.80 Å². The number of nitrogens with zero attached hydrogens (tertiary/aromatic N) is 2. The molecule has 1 fully saturated rings. The van der Waals surface area contributed by atoms with E-state index in [1.807, 2.05) is 0 Å². The molecule has 0 N–H and O–H groups in total. The Hall–Kier alpha value is -2.16. The molecule has 3 aromatic rings. The molecule has 128 valence electrons. The summed E-state index contributed by atoms with van der Waals surface area (Å²) in [7, 11) is 0. The highest BCUT2D eigenvalue weighted by atomic mass is 15.3. The standard InChI is InChI=1S/C23H26N2/c1-2-6-20(7-3-1)12-13-24-14-16-25(17-15-24)19-21-10-11-22-8-4-5-9-23(22)18-21/h1-11,18H,12-17,19H2. The first-order valence-electron chi connectivity index (χ1n) is 9.33. The summed E-state index contributed by atoms with van der Waals surface area (Å²) in [5.41, 5.74) is 2.87. The van der Waals surface area contributed by atoms with Crippen molar-refractivity contribution in [2.24, 2.45) is 0 Å². The maximum Gasteiger partial charge on any atom is 0.0235 e. The van der Waals surface area contributed by atoms with Gasteiger partial charge in [0.15, 0.2) is 0 Å². The Morgan fingerprint density at radius 1 is 0.600 bits per heavy atom. The molecule has 0 unspecified atom stereocenters. The predicted octanol–water partition coefficient (Wildman–Crippen LogP) is 4.20. The zero-order valence-electron chi connectivity index (χ0n) is 14.8. The second-order valence-electron chi connectivity index (χ2n) is 7.03. The maximum absolute atomic E-state index is 2.60. The molecular formula is C23H26N2. The zero-order chi connectivity index (χ0) is 16.9. The number of hydrogen-bond donors (Lipinski definition) is 0. The van der Waals surface area contributed by atoms with Gasteiger partial charge in [0, 0.05) is 39.3 Å². The van der Waals surface area contributed by atoms with Crippen LogP contribution in [0.15, 0.2) is 72.8 Å². The molecule has 0 aromatic heterocycles. The van der Waals surface area contributed by atoms with Crippen LogP contribution >= 0.6 is 0 Å². The smallest absolute Gasteiger partial charge is 0.0235 e. The monoisotopic (exact) mass is 330 g/mol. The van der Waals surface area contributed by atoms with Crippen molar-refractivity contribution in [2.45, 2.75) is 13.0 Å². The molecule has 0 atom stereocenters. The minimum atomic E-state index is 1.07. The molecule has 1 saturated heterocycles. The molecule has 2 heteroatoms. The molecule has 1 aliphatic heterocycles. The summed E-state index contributed by atoms with van der Waals surface area (Å²) in [5, 5.41) is 2.68. The average molecular weight is 330 g/mol. The summed E-state index contributed by atoms with van der Waals surface area (Å²) < 4.78 is 0. The summed E-state index contributed by atoms with van der Waals surface area (Å²) in [6, 6.07) is 26.3. The molecule has 25 heavy (non-hydrogen) atoms. The van der Waals surface area contributed by atoms with Crippen LogP contribution in [0.4, 0.5) is 0 Å². The molecule has 0 radical (unpaired) electrons. The zero-order valence-corrected chi connectivity index (χ0v) is 14.8. The third kappa shape index (κ3) is 4.28. The van der Waals surface area contributed by atoms with E-state index in [-0.39, 0.29) is 0 Å². The van der Waals surface area contributed by atoms with Crippen LogP contribution in [0.1, 0.15) is 11.1 Å². The lowest BCUT2D eigenvalue weighted by atomic mass is 10.1. The molecule has 3 aromatic carbocycles. The summed E-state index contributed by atoms with van der Waals surface area (Å²) in [6.45, 7) is 6.94. The SMILES string of the molecule is c1ccc(CCN2CCN(Cc3ccc4ccccc4c3)CC2)cc1. The van der Waals surface area contributed by atoms with Crippen LogP contribution in [0.5, 0.6) is 0 Å². The molecule has 2 nitrogen and oxygen atoms in total. The minimum absolute atomic E-state index is 1.07. The van der Waals surface area contributed by atoms with Crippen molar-refractivity contribution in [1.29, 1.82) is 0 Å². The lowest BCUT2D eigenvalue weighted by Gasteiger charge is -2.34. The van der Waals surface area contributed by atoms with Crippen molar-refractivity contribution >= 4 is 10.8 Å². The fourth-order valence-corrected chi connectivity index (χ4v) is 3.70. The van der Waals surface area contributed by atoms with E-state index < -0.39 is 0 Å². The first kappa shape index (κ1) is 16.3. The van der Waals surface area contributed by atoms with E-state index in [9.17, 15) is 0 Å². The van der Waals surface area contributed by atoms with Gasteiger partial charge in [0.1, 0.15) is 0 Å². The highest BCUT2D eigenvalue weighted by Crippen LogP contribution is 2.17. The number of piperazine rings is 1. The average Bonchev–Trinajstić information content (AvgIpc) is 2.68. The molecule has 4 rings (SSSR count). The van der Waals surface area contributed by atoms with Gasteiger partial charge in [-0.1, -0.05) is 66.7 Å². The van der Waals surface area contributed by atoms with Gasteiger partial charge in [-0.05, 0) is 34.4 Å². The third-order valence-corrected chi connectivity index (χ3v) is 5.24. The van der Waals surface area contributed by atoms with Crippen LogP contribution < -0.4 is 0 Å². The summed E-state index contributed by atoms with van der Waals surface area (Å²) >= 11 is 0. The Labute approximate surface area is 150 Å². The quantitative estimate of drug-likeness (QED) is 0.692. The van der Waals surface area contributed by atoms with Crippen LogP contribution in [0.2, 0.25) is 0 Å². The van der Waals surface area contributed by atoms with Crippen LogP contribution in [-0.4, -0.2) is 42.5 Å². The number of hydrogen-bond acceptors (Lipinski definition) is 2. The van der Waals surface area contributed by atoms with Crippen LogP contribution in [-0.2, 0) is 13.0 Å². The summed E-state index contributed by atoms with van der Waals surface area (Å²) in [6.07, 6.45) is 1.16. The van der Waals surface area contributed by atoms with Crippen molar-refractivity contribution in [3.8, 4) is 0 Å². The number of rotatable bonds is 5. The first-order chi connectivity index (χ1) is 12.4. The number of benzene rings is 3. The van der Waals surface area contributed by atoms with Crippen LogP contribution in [0.25, 0.3) is 10.8 Å². The van der Waals surface area contributed by atoms with Gasteiger partial charge in [-0.3, -0.25) is 4.90 Å². The summed E-state index contributed by atoms with van der Waals surface area (Å²) in [4.78, 5) is 5.19. The largest absolute Gasteiger partial charge is 0.300 e. The summed E-state index contributed by atoms with van der Waals surface area (Å²) in [5.74, 6) is 0. The van der Waals surface area contributed by atoms with Gasteiger partial charge >= 0.3 is 0 Å². The van der Waals surface area contributed by atoms with E-state index >= 15 is 0 Å². The topological polar surface area (TPSA) is 6.48 Å². The Balaban J connectivity index is 1.28. The van der Waals surface area contributed by atoms with E-state index in [0.29, 0.717) is 0 Å². The molecule has 0 saturated carbocycles. The Kier molecular flexibility index (Phi) is 5.10. The molecular weight excluding hydrogens is 304 g/mol. The van der Waals surface area contributed by atoms with Crippen molar-refractivity contribution < 1.29 is 0 Å². The highest BCUT2D eigenvalue weighted by molar-refractivity contribution is 5.82. The van der Waals surface area contributed by atoms with E-state index in [1.54, 1.807) is 0 Å². The minimum Gasteiger partial charge on any atom is -0.300 e. The Bertz CT molecular complexity index is 804.